The van der Waals surface area contributed by atoms with E-state index in [1.807, 2.05) is 31.2 Å². The van der Waals surface area contributed by atoms with Crippen molar-refractivity contribution in [2.45, 2.75) is 33.2 Å². The van der Waals surface area contributed by atoms with Crippen LogP contribution in [0.15, 0.2) is 24.3 Å². The van der Waals surface area contributed by atoms with Crippen molar-refractivity contribution in [1.82, 2.24) is 15.0 Å². The SMILES string of the molecule is CCCc1ccc(-c2c(C(=O)O)nnn2CC)cc1. The van der Waals surface area contributed by atoms with Crippen molar-refractivity contribution in [1.29, 1.82) is 0 Å². The summed E-state index contributed by atoms with van der Waals surface area (Å²) < 4.78 is 1.61. The third kappa shape index (κ3) is 2.65. The highest BCUT2D eigenvalue weighted by atomic mass is 16.4. The van der Waals surface area contributed by atoms with Crippen LogP contribution in [0.3, 0.4) is 0 Å². The van der Waals surface area contributed by atoms with Gasteiger partial charge in [0.2, 0.25) is 0 Å². The second kappa shape index (κ2) is 5.65. The molecule has 1 heterocycles. The van der Waals surface area contributed by atoms with Crippen LogP contribution in [-0.2, 0) is 13.0 Å². The van der Waals surface area contributed by atoms with E-state index in [0.717, 1.165) is 18.4 Å². The Kier molecular flexibility index (Phi) is 3.94. The van der Waals surface area contributed by atoms with Gasteiger partial charge in [0.15, 0.2) is 5.69 Å². The maximum atomic E-state index is 11.2. The van der Waals surface area contributed by atoms with E-state index in [4.69, 9.17) is 5.11 Å². The second-order valence-corrected chi connectivity index (χ2v) is 4.35. The van der Waals surface area contributed by atoms with Crippen LogP contribution < -0.4 is 0 Å². The highest BCUT2D eigenvalue weighted by molar-refractivity contribution is 5.92. The Bertz CT molecular complexity index is 573. The van der Waals surface area contributed by atoms with Crippen LogP contribution >= 0.6 is 0 Å². The third-order valence-electron chi connectivity index (χ3n) is 3.00. The number of rotatable bonds is 5. The van der Waals surface area contributed by atoms with E-state index < -0.39 is 5.97 Å². The van der Waals surface area contributed by atoms with E-state index in [9.17, 15) is 4.79 Å². The van der Waals surface area contributed by atoms with Crippen LogP contribution in [0, 0.1) is 0 Å². The van der Waals surface area contributed by atoms with Gasteiger partial charge in [-0.05, 0) is 18.9 Å². The topological polar surface area (TPSA) is 68.0 Å². The maximum Gasteiger partial charge on any atom is 0.358 e. The first-order valence-corrected chi connectivity index (χ1v) is 6.43. The second-order valence-electron chi connectivity index (χ2n) is 4.35. The summed E-state index contributed by atoms with van der Waals surface area (Å²) in [4.78, 5) is 11.2. The Hall–Kier alpha value is -2.17. The van der Waals surface area contributed by atoms with Gasteiger partial charge in [-0.2, -0.15) is 0 Å². The van der Waals surface area contributed by atoms with Gasteiger partial charge in [0.25, 0.3) is 0 Å². The highest BCUT2D eigenvalue weighted by Gasteiger charge is 2.19. The van der Waals surface area contributed by atoms with Crippen LogP contribution in [0.25, 0.3) is 11.3 Å². The maximum absolute atomic E-state index is 11.2. The standard InChI is InChI=1S/C14H17N3O2/c1-3-5-10-6-8-11(9-7-10)13-12(14(18)19)15-16-17(13)4-2/h6-9H,3-5H2,1-2H3,(H,18,19). The molecule has 0 radical (unpaired) electrons. The van der Waals surface area contributed by atoms with Gasteiger partial charge in [-0.3, -0.25) is 0 Å². The summed E-state index contributed by atoms with van der Waals surface area (Å²) in [6.45, 7) is 4.63. The van der Waals surface area contributed by atoms with Crippen LogP contribution in [0.2, 0.25) is 0 Å². The molecule has 0 amide bonds. The summed E-state index contributed by atoms with van der Waals surface area (Å²) in [5.41, 5.74) is 2.66. The molecule has 2 aromatic rings. The molecular weight excluding hydrogens is 242 g/mol. The average molecular weight is 259 g/mol. The fourth-order valence-corrected chi connectivity index (χ4v) is 2.08. The molecule has 5 nitrogen and oxygen atoms in total. The summed E-state index contributed by atoms with van der Waals surface area (Å²) in [7, 11) is 0. The van der Waals surface area contributed by atoms with Gasteiger partial charge in [0.05, 0.1) is 0 Å². The van der Waals surface area contributed by atoms with Gasteiger partial charge in [0, 0.05) is 12.1 Å². The largest absolute Gasteiger partial charge is 0.476 e. The summed E-state index contributed by atoms with van der Waals surface area (Å²) in [5.74, 6) is -1.05. The van der Waals surface area contributed by atoms with Crippen molar-refractivity contribution in [3.63, 3.8) is 0 Å². The Balaban J connectivity index is 2.45. The molecule has 2 rings (SSSR count). The summed E-state index contributed by atoms with van der Waals surface area (Å²) in [5, 5.41) is 16.8. The molecule has 0 bridgehead atoms. The molecule has 0 saturated heterocycles. The minimum absolute atomic E-state index is 0.00471. The lowest BCUT2D eigenvalue weighted by atomic mass is 10.0. The first-order chi connectivity index (χ1) is 9.17. The zero-order valence-corrected chi connectivity index (χ0v) is 11.1. The third-order valence-corrected chi connectivity index (χ3v) is 3.00. The number of hydrogen-bond acceptors (Lipinski definition) is 3. The van der Waals surface area contributed by atoms with Crippen LogP contribution in [-0.4, -0.2) is 26.1 Å². The lowest BCUT2D eigenvalue weighted by Crippen LogP contribution is -2.03. The van der Waals surface area contributed by atoms with E-state index in [2.05, 4.69) is 17.2 Å². The average Bonchev–Trinajstić information content (AvgIpc) is 2.84. The monoisotopic (exact) mass is 259 g/mol. The first-order valence-electron chi connectivity index (χ1n) is 6.43. The molecule has 1 aromatic carbocycles. The number of aromatic nitrogens is 3. The molecule has 100 valence electrons. The number of carboxylic acid groups (broad SMARTS) is 1. The number of aromatic carboxylic acids is 1. The van der Waals surface area contributed by atoms with Crippen molar-refractivity contribution in [2.75, 3.05) is 0 Å². The van der Waals surface area contributed by atoms with Crippen molar-refractivity contribution >= 4 is 5.97 Å². The lowest BCUT2D eigenvalue weighted by Gasteiger charge is -2.06. The molecule has 1 aromatic heterocycles. The van der Waals surface area contributed by atoms with Gasteiger partial charge >= 0.3 is 5.97 Å². The normalized spacial score (nSPS) is 10.6. The fraction of sp³-hybridized carbons (Fsp3) is 0.357. The predicted octanol–water partition coefficient (Wildman–Crippen LogP) is 2.62. The highest BCUT2D eigenvalue weighted by Crippen LogP contribution is 2.23. The molecule has 0 aliphatic heterocycles. The van der Waals surface area contributed by atoms with E-state index in [0.29, 0.717) is 12.2 Å². The van der Waals surface area contributed by atoms with Crippen LogP contribution in [0.4, 0.5) is 0 Å². The molecule has 1 N–H and O–H groups in total. The van der Waals surface area contributed by atoms with Gasteiger partial charge in [-0.15, -0.1) is 5.10 Å². The molecule has 5 heteroatoms. The molecule has 0 unspecified atom stereocenters. The zero-order valence-electron chi connectivity index (χ0n) is 11.1. The molecule has 0 aliphatic carbocycles. The summed E-state index contributed by atoms with van der Waals surface area (Å²) >= 11 is 0. The smallest absolute Gasteiger partial charge is 0.358 e. The fourth-order valence-electron chi connectivity index (χ4n) is 2.08. The van der Waals surface area contributed by atoms with E-state index in [-0.39, 0.29) is 5.69 Å². The molecule has 0 aliphatic rings. The molecular formula is C14H17N3O2. The van der Waals surface area contributed by atoms with E-state index in [1.54, 1.807) is 4.68 Å². The van der Waals surface area contributed by atoms with Gasteiger partial charge in [-0.25, -0.2) is 9.48 Å². The molecule has 19 heavy (non-hydrogen) atoms. The van der Waals surface area contributed by atoms with Crippen molar-refractivity contribution in [3.05, 3.63) is 35.5 Å². The first kappa shape index (κ1) is 13.3. The van der Waals surface area contributed by atoms with Gasteiger partial charge in [-0.1, -0.05) is 42.8 Å². The zero-order chi connectivity index (χ0) is 13.8. The lowest BCUT2D eigenvalue weighted by molar-refractivity contribution is 0.0691. The Labute approximate surface area is 111 Å². The number of carboxylic acids is 1. The van der Waals surface area contributed by atoms with Crippen LogP contribution in [0.1, 0.15) is 36.3 Å². The Morgan fingerprint density at radius 2 is 1.95 bits per heavy atom. The molecule has 0 fully saturated rings. The van der Waals surface area contributed by atoms with E-state index in [1.165, 1.54) is 5.56 Å². The minimum atomic E-state index is -1.05. The quantitative estimate of drug-likeness (QED) is 0.896. The number of benzene rings is 1. The summed E-state index contributed by atoms with van der Waals surface area (Å²) in [6.07, 6.45) is 2.12. The molecule has 0 spiro atoms. The predicted molar refractivity (Wildman–Crippen MR) is 72.1 cm³/mol. The van der Waals surface area contributed by atoms with Crippen molar-refractivity contribution < 1.29 is 9.90 Å². The number of aryl methyl sites for hydroxylation is 2. The van der Waals surface area contributed by atoms with Crippen LogP contribution in [0.5, 0.6) is 0 Å². The summed E-state index contributed by atoms with van der Waals surface area (Å²) in [6, 6.07) is 7.92. The Morgan fingerprint density at radius 1 is 1.26 bits per heavy atom. The molecule has 0 atom stereocenters. The number of hydrogen-bond donors (Lipinski definition) is 1. The van der Waals surface area contributed by atoms with Crippen molar-refractivity contribution in [3.8, 4) is 11.3 Å². The number of nitrogens with zero attached hydrogens (tertiary/aromatic N) is 3. The number of carbonyl (C=O) groups is 1. The molecule has 0 saturated carbocycles. The van der Waals surface area contributed by atoms with Gasteiger partial charge in [0.1, 0.15) is 5.69 Å². The van der Waals surface area contributed by atoms with Gasteiger partial charge < -0.3 is 5.11 Å². The minimum Gasteiger partial charge on any atom is -0.476 e. The Morgan fingerprint density at radius 3 is 2.47 bits per heavy atom. The van der Waals surface area contributed by atoms with Crippen molar-refractivity contribution in [2.24, 2.45) is 0 Å². The van der Waals surface area contributed by atoms with E-state index >= 15 is 0 Å².